The third-order valence-electron chi connectivity index (χ3n) is 6.93. The zero-order valence-electron chi connectivity index (χ0n) is 17.1. The van der Waals surface area contributed by atoms with Gasteiger partial charge in [0, 0.05) is 31.0 Å². The summed E-state index contributed by atoms with van der Waals surface area (Å²) in [5.41, 5.74) is 6.45. The van der Waals surface area contributed by atoms with Crippen molar-refractivity contribution in [1.29, 1.82) is 0 Å². The van der Waals surface area contributed by atoms with Gasteiger partial charge >= 0.3 is 0 Å². The van der Waals surface area contributed by atoms with Gasteiger partial charge in [-0.25, -0.2) is 13.8 Å². The second-order valence-corrected chi connectivity index (χ2v) is 9.02. The van der Waals surface area contributed by atoms with Gasteiger partial charge in [-0.3, -0.25) is 9.58 Å². The van der Waals surface area contributed by atoms with Crippen LogP contribution in [0.1, 0.15) is 50.1 Å². The Morgan fingerprint density at radius 3 is 2.47 bits per heavy atom. The first kappa shape index (κ1) is 19.9. The fourth-order valence-electron chi connectivity index (χ4n) is 4.84. The number of likely N-dealkylation sites (tertiary alicyclic amines) is 1. The number of pyridine rings is 1. The highest BCUT2D eigenvalue weighted by atomic mass is 19.3. The Labute approximate surface area is 175 Å². The molecule has 2 saturated carbocycles. The average molecular weight is 418 g/mol. The fourth-order valence-corrected chi connectivity index (χ4v) is 4.84. The number of piperidine rings is 1. The van der Waals surface area contributed by atoms with Gasteiger partial charge in [0.1, 0.15) is 5.82 Å². The molecule has 2 unspecified atom stereocenters. The van der Waals surface area contributed by atoms with Crippen LogP contribution in [0.3, 0.4) is 0 Å². The largest absolute Gasteiger partial charge is 0.383 e. The van der Waals surface area contributed by atoms with Crippen LogP contribution in [0.5, 0.6) is 0 Å². The first-order valence-corrected chi connectivity index (χ1v) is 11.0. The van der Waals surface area contributed by atoms with E-state index in [1.54, 1.807) is 0 Å². The molecule has 2 aliphatic carbocycles. The molecular weight excluding hydrogens is 388 g/mol. The van der Waals surface area contributed by atoms with Crippen LogP contribution in [-0.2, 0) is 4.74 Å². The number of nitrogens with two attached hydrogens (primary N) is 1. The molecule has 4 fully saturated rings. The molecule has 6 nitrogen and oxygen atoms in total. The Morgan fingerprint density at radius 1 is 1.10 bits per heavy atom. The molecule has 4 aliphatic rings. The lowest BCUT2D eigenvalue weighted by Crippen LogP contribution is -2.48. The number of anilines is 1. The summed E-state index contributed by atoms with van der Waals surface area (Å²) in [6.45, 7) is 4.75. The number of halogens is 2. The van der Waals surface area contributed by atoms with Crippen molar-refractivity contribution in [2.24, 2.45) is 11.8 Å². The van der Waals surface area contributed by atoms with Crippen LogP contribution >= 0.6 is 0 Å². The smallest absolute Gasteiger partial charge is 0.267 e. The summed E-state index contributed by atoms with van der Waals surface area (Å²) in [7, 11) is 0. The lowest BCUT2D eigenvalue weighted by molar-refractivity contribution is -0.0605. The number of aromatic nitrogens is 3. The van der Waals surface area contributed by atoms with Crippen LogP contribution in [-0.4, -0.2) is 52.0 Å². The number of hydrogen-bond donors (Lipinski definition) is 1. The zero-order valence-corrected chi connectivity index (χ0v) is 17.1. The summed E-state index contributed by atoms with van der Waals surface area (Å²) >= 11 is 0. The molecule has 0 amide bonds. The Bertz CT molecular complexity index is 868. The van der Waals surface area contributed by atoms with Crippen LogP contribution in [0.15, 0.2) is 24.5 Å². The fraction of sp³-hybridized carbons (Fsp3) is 0.636. The molecule has 30 heavy (non-hydrogen) atoms. The van der Waals surface area contributed by atoms with E-state index in [9.17, 15) is 8.78 Å². The van der Waals surface area contributed by atoms with E-state index in [-0.39, 0.29) is 11.4 Å². The third-order valence-corrected chi connectivity index (χ3v) is 6.93. The maximum Gasteiger partial charge on any atom is 0.267 e. The lowest BCUT2D eigenvalue weighted by atomic mass is 10.1. The van der Waals surface area contributed by atoms with Gasteiger partial charge in [0.2, 0.25) is 0 Å². The van der Waals surface area contributed by atoms with E-state index in [4.69, 9.17) is 10.5 Å². The van der Waals surface area contributed by atoms with Gasteiger partial charge in [-0.1, -0.05) is 12.8 Å². The monoisotopic (exact) mass is 417 g/mol. The van der Waals surface area contributed by atoms with E-state index in [1.807, 2.05) is 16.9 Å². The molecule has 0 radical (unpaired) electrons. The van der Waals surface area contributed by atoms with Crippen LogP contribution in [0.4, 0.5) is 14.6 Å². The quantitative estimate of drug-likeness (QED) is 0.817. The van der Waals surface area contributed by atoms with Crippen LogP contribution in [0, 0.1) is 11.8 Å². The number of nitrogens with zero attached hydrogens (tertiary/aromatic N) is 4. The summed E-state index contributed by atoms with van der Waals surface area (Å²) in [5, 5.41) is 4.48. The second-order valence-electron chi connectivity index (χ2n) is 9.02. The summed E-state index contributed by atoms with van der Waals surface area (Å²) in [6.07, 6.45) is 6.99. The van der Waals surface area contributed by atoms with Crippen molar-refractivity contribution >= 4 is 5.82 Å². The number of alkyl halides is 2. The SMILES string of the molecule is C1C2CN(C3COC3)CC12.Nc1ncc(-c2ccn(C3CCCC3)n2)cc1C(F)F. The minimum atomic E-state index is -2.63. The van der Waals surface area contributed by atoms with Crippen molar-refractivity contribution in [2.75, 3.05) is 32.0 Å². The molecular formula is C22H29F2N5O. The number of fused-ring (bicyclic) bond motifs is 1. The van der Waals surface area contributed by atoms with E-state index >= 15 is 0 Å². The minimum Gasteiger partial charge on any atom is -0.383 e. The summed E-state index contributed by atoms with van der Waals surface area (Å²) in [5.74, 6) is 2.04. The van der Waals surface area contributed by atoms with Gasteiger partial charge in [-0.05, 0) is 43.2 Å². The van der Waals surface area contributed by atoms with Crippen LogP contribution in [0.25, 0.3) is 11.3 Å². The Kier molecular flexibility index (Phi) is 5.45. The van der Waals surface area contributed by atoms with E-state index in [1.165, 1.54) is 44.6 Å². The molecule has 0 spiro atoms. The maximum absolute atomic E-state index is 12.8. The van der Waals surface area contributed by atoms with Crippen molar-refractivity contribution in [2.45, 2.75) is 50.6 Å². The molecule has 2 aromatic heterocycles. The highest BCUT2D eigenvalue weighted by molar-refractivity contribution is 5.61. The van der Waals surface area contributed by atoms with Gasteiger partial charge in [-0.2, -0.15) is 5.10 Å². The topological polar surface area (TPSA) is 69.2 Å². The Balaban J connectivity index is 0.000000159. The first-order valence-electron chi connectivity index (χ1n) is 11.0. The number of nitrogen functional groups attached to an aromatic ring is 1. The minimum absolute atomic E-state index is 0.126. The number of rotatable bonds is 4. The summed E-state index contributed by atoms with van der Waals surface area (Å²) < 4.78 is 32.7. The van der Waals surface area contributed by atoms with Crippen molar-refractivity contribution in [3.05, 3.63) is 30.1 Å². The van der Waals surface area contributed by atoms with E-state index < -0.39 is 6.43 Å². The predicted molar refractivity (Wildman–Crippen MR) is 110 cm³/mol. The van der Waals surface area contributed by atoms with Crippen molar-refractivity contribution in [3.8, 4) is 11.3 Å². The van der Waals surface area contributed by atoms with E-state index in [0.717, 1.165) is 43.9 Å². The Morgan fingerprint density at radius 2 is 1.83 bits per heavy atom. The molecule has 2 atom stereocenters. The lowest BCUT2D eigenvalue weighted by Gasteiger charge is -2.35. The molecule has 2 N–H and O–H groups in total. The van der Waals surface area contributed by atoms with Crippen LogP contribution in [0.2, 0.25) is 0 Å². The summed E-state index contributed by atoms with van der Waals surface area (Å²) in [4.78, 5) is 6.45. The van der Waals surface area contributed by atoms with Crippen molar-refractivity contribution in [1.82, 2.24) is 19.7 Å². The second kappa shape index (κ2) is 8.23. The molecule has 0 bridgehead atoms. The Hall–Kier alpha value is -2.06. The zero-order chi connectivity index (χ0) is 20.7. The maximum atomic E-state index is 12.8. The van der Waals surface area contributed by atoms with Crippen LogP contribution < -0.4 is 5.73 Å². The molecule has 0 aromatic carbocycles. The highest BCUT2D eigenvalue weighted by Crippen LogP contribution is 2.45. The molecule has 2 aromatic rings. The molecule has 4 heterocycles. The van der Waals surface area contributed by atoms with Gasteiger partial charge in [0.25, 0.3) is 6.43 Å². The highest BCUT2D eigenvalue weighted by Gasteiger charge is 2.47. The average Bonchev–Trinajstić information content (AvgIpc) is 3.16. The van der Waals surface area contributed by atoms with E-state index in [2.05, 4.69) is 15.0 Å². The first-order chi connectivity index (χ1) is 14.6. The summed E-state index contributed by atoms with van der Waals surface area (Å²) in [6, 6.07) is 4.43. The van der Waals surface area contributed by atoms with Gasteiger partial charge < -0.3 is 10.5 Å². The normalized spacial score (nSPS) is 26.4. The molecule has 6 rings (SSSR count). The third kappa shape index (κ3) is 4.07. The number of ether oxygens (including phenoxy) is 1. The van der Waals surface area contributed by atoms with Gasteiger partial charge in [0.15, 0.2) is 0 Å². The van der Waals surface area contributed by atoms with Crippen molar-refractivity contribution in [3.63, 3.8) is 0 Å². The van der Waals surface area contributed by atoms with E-state index in [0.29, 0.717) is 17.3 Å². The number of hydrogen-bond acceptors (Lipinski definition) is 5. The predicted octanol–water partition coefficient (Wildman–Crippen LogP) is 3.92. The molecule has 2 aliphatic heterocycles. The van der Waals surface area contributed by atoms with Gasteiger partial charge in [-0.15, -0.1) is 0 Å². The molecule has 8 heteroatoms. The standard InChI is InChI=1S/C14H16F2N4.C8H13NO/c15-13(16)11-7-9(8-18-14(11)17)12-5-6-20(19-12)10-3-1-2-4-10;1-6-2-9(3-7(1)6)8-4-10-5-8/h5-8,10,13H,1-4H2,(H2,17,18);6-8H,1-5H2. The molecule has 162 valence electrons. The van der Waals surface area contributed by atoms with Gasteiger partial charge in [0.05, 0.1) is 36.6 Å². The molecule has 2 saturated heterocycles. The van der Waals surface area contributed by atoms with Crippen molar-refractivity contribution < 1.29 is 13.5 Å².